The van der Waals surface area contributed by atoms with Gasteiger partial charge in [0.1, 0.15) is 0 Å². The van der Waals surface area contributed by atoms with E-state index in [1.54, 1.807) is 29.3 Å². The van der Waals surface area contributed by atoms with Crippen molar-refractivity contribution in [1.82, 2.24) is 9.13 Å². The van der Waals surface area contributed by atoms with Gasteiger partial charge in [-0.1, -0.05) is 0 Å². The highest BCUT2D eigenvalue weighted by Gasteiger charge is 2.27. The Morgan fingerprint density at radius 1 is 1.30 bits per heavy atom. The molecule has 0 aliphatic carbocycles. The van der Waals surface area contributed by atoms with Gasteiger partial charge in [-0.3, -0.25) is 13.9 Å². The largest absolute Gasteiger partial charge is 0.381 e. The summed E-state index contributed by atoms with van der Waals surface area (Å²) in [5, 5.41) is 0. The van der Waals surface area contributed by atoms with Crippen molar-refractivity contribution in [2.24, 2.45) is 20.0 Å². The minimum atomic E-state index is -0.0966. The van der Waals surface area contributed by atoms with E-state index in [-0.39, 0.29) is 17.4 Å². The van der Waals surface area contributed by atoms with Crippen LogP contribution in [-0.4, -0.2) is 28.1 Å². The summed E-state index contributed by atoms with van der Waals surface area (Å²) in [6, 6.07) is 3.63. The summed E-state index contributed by atoms with van der Waals surface area (Å²) in [5.41, 5.74) is 2.10. The maximum Gasteiger partial charge on any atom is 0.328 e. The van der Waals surface area contributed by atoms with Crippen LogP contribution < -0.4 is 5.69 Å². The molecule has 0 spiro atoms. The molecule has 1 aromatic heterocycles. The zero-order chi connectivity index (χ0) is 14.4. The highest BCUT2D eigenvalue weighted by molar-refractivity contribution is 9.10. The Bertz CT molecular complexity index is 754. The van der Waals surface area contributed by atoms with Gasteiger partial charge in [0, 0.05) is 36.7 Å². The summed E-state index contributed by atoms with van der Waals surface area (Å²) in [5.74, 6) is -0.00272. The first kappa shape index (κ1) is 13.6. The molecule has 0 saturated carbocycles. The van der Waals surface area contributed by atoms with E-state index in [1.165, 1.54) is 0 Å². The maximum absolute atomic E-state index is 12.5. The highest BCUT2D eigenvalue weighted by Crippen LogP contribution is 2.28. The van der Waals surface area contributed by atoms with Gasteiger partial charge in [0.15, 0.2) is 5.78 Å². The van der Waals surface area contributed by atoms with Gasteiger partial charge >= 0.3 is 5.69 Å². The van der Waals surface area contributed by atoms with Crippen LogP contribution in [0.5, 0.6) is 0 Å². The second-order valence-electron chi connectivity index (χ2n) is 5.15. The summed E-state index contributed by atoms with van der Waals surface area (Å²) in [7, 11) is 3.44. The molecule has 106 valence electrons. The Morgan fingerprint density at radius 2 is 1.95 bits per heavy atom. The third kappa shape index (κ3) is 1.94. The molecule has 3 rings (SSSR count). The first-order chi connectivity index (χ1) is 9.50. The summed E-state index contributed by atoms with van der Waals surface area (Å²) in [6.07, 6.45) is 0.761. The number of fused-ring (bicyclic) bond motifs is 1. The van der Waals surface area contributed by atoms with E-state index in [1.807, 2.05) is 6.07 Å². The number of aromatic nitrogens is 2. The summed E-state index contributed by atoms with van der Waals surface area (Å²) in [4.78, 5) is 24.5. The molecule has 0 amide bonds. The van der Waals surface area contributed by atoms with Crippen LogP contribution in [-0.2, 0) is 18.8 Å². The van der Waals surface area contributed by atoms with Crippen LogP contribution in [0.3, 0.4) is 0 Å². The summed E-state index contributed by atoms with van der Waals surface area (Å²) in [6.45, 7) is 1.12. The van der Waals surface area contributed by atoms with Gasteiger partial charge in [-0.15, -0.1) is 0 Å². The van der Waals surface area contributed by atoms with E-state index >= 15 is 0 Å². The monoisotopic (exact) mass is 338 g/mol. The van der Waals surface area contributed by atoms with E-state index in [0.29, 0.717) is 18.8 Å². The van der Waals surface area contributed by atoms with Crippen LogP contribution in [0, 0.1) is 5.92 Å². The van der Waals surface area contributed by atoms with Crippen LogP contribution in [0.4, 0.5) is 0 Å². The van der Waals surface area contributed by atoms with Crippen molar-refractivity contribution in [3.8, 4) is 0 Å². The van der Waals surface area contributed by atoms with Gasteiger partial charge in [-0.25, -0.2) is 4.79 Å². The standard InChI is InChI=1S/C14H15BrN2O3/c1-16-11-5-9(13(18)8-3-4-20-7-8)10(15)6-12(11)17(2)14(16)19/h5-6,8H,3-4,7H2,1-2H3. The lowest BCUT2D eigenvalue weighted by molar-refractivity contribution is 0.0899. The molecule has 1 aliphatic rings. The van der Waals surface area contributed by atoms with Crippen LogP contribution >= 0.6 is 15.9 Å². The fourth-order valence-corrected chi connectivity index (χ4v) is 3.20. The number of hydrogen-bond donors (Lipinski definition) is 0. The number of halogens is 1. The quantitative estimate of drug-likeness (QED) is 0.785. The van der Waals surface area contributed by atoms with E-state index in [0.717, 1.165) is 21.9 Å². The molecule has 1 fully saturated rings. The second kappa shape index (κ2) is 4.86. The van der Waals surface area contributed by atoms with Gasteiger partial charge in [0.25, 0.3) is 0 Å². The lowest BCUT2D eigenvalue weighted by atomic mass is 9.97. The third-order valence-electron chi connectivity index (χ3n) is 3.93. The highest BCUT2D eigenvalue weighted by atomic mass is 79.9. The zero-order valence-corrected chi connectivity index (χ0v) is 12.9. The van der Waals surface area contributed by atoms with Crippen molar-refractivity contribution in [1.29, 1.82) is 0 Å². The number of carbonyl (C=O) groups is 1. The minimum absolute atomic E-state index is 0.0765. The van der Waals surface area contributed by atoms with Gasteiger partial charge in [0.05, 0.1) is 17.6 Å². The lowest BCUT2D eigenvalue weighted by Crippen LogP contribution is -2.19. The van der Waals surface area contributed by atoms with E-state index < -0.39 is 0 Å². The third-order valence-corrected chi connectivity index (χ3v) is 4.58. The van der Waals surface area contributed by atoms with Crippen LogP contribution in [0.1, 0.15) is 16.8 Å². The molecule has 1 aromatic carbocycles. The molecule has 0 radical (unpaired) electrons. The van der Waals surface area contributed by atoms with Crippen LogP contribution in [0.25, 0.3) is 11.0 Å². The van der Waals surface area contributed by atoms with E-state index in [2.05, 4.69) is 15.9 Å². The first-order valence-corrected chi connectivity index (χ1v) is 7.27. The normalized spacial score (nSPS) is 18.9. The number of Topliss-reactive ketones (excluding diaryl/α,β-unsaturated/α-hetero) is 1. The minimum Gasteiger partial charge on any atom is -0.381 e. The topological polar surface area (TPSA) is 53.2 Å². The fraction of sp³-hybridized carbons (Fsp3) is 0.429. The number of imidazole rings is 1. The lowest BCUT2D eigenvalue weighted by Gasteiger charge is -2.09. The first-order valence-electron chi connectivity index (χ1n) is 6.47. The Morgan fingerprint density at radius 3 is 2.55 bits per heavy atom. The van der Waals surface area contributed by atoms with Crippen molar-refractivity contribution in [2.45, 2.75) is 6.42 Å². The molecule has 2 heterocycles. The Hall–Kier alpha value is -1.40. The number of aryl methyl sites for hydroxylation is 2. The van der Waals surface area contributed by atoms with Crippen molar-refractivity contribution in [3.05, 3.63) is 32.7 Å². The maximum atomic E-state index is 12.5. The summed E-state index contributed by atoms with van der Waals surface area (Å²) < 4.78 is 9.14. The molecule has 5 nitrogen and oxygen atoms in total. The number of rotatable bonds is 2. The molecule has 1 unspecified atom stereocenters. The fourth-order valence-electron chi connectivity index (χ4n) is 2.67. The molecule has 1 aliphatic heterocycles. The molecular formula is C14H15BrN2O3. The predicted octanol–water partition coefficient (Wildman–Crippen LogP) is 1.86. The molecule has 20 heavy (non-hydrogen) atoms. The van der Waals surface area contributed by atoms with Crippen molar-refractivity contribution in [2.75, 3.05) is 13.2 Å². The van der Waals surface area contributed by atoms with Gasteiger partial charge < -0.3 is 4.74 Å². The molecule has 1 saturated heterocycles. The van der Waals surface area contributed by atoms with Gasteiger partial charge in [-0.2, -0.15) is 0 Å². The van der Waals surface area contributed by atoms with Gasteiger partial charge in [0.2, 0.25) is 0 Å². The molecule has 0 N–H and O–H groups in total. The number of nitrogens with zero attached hydrogens (tertiary/aromatic N) is 2. The Balaban J connectivity index is 2.17. The molecule has 0 bridgehead atoms. The van der Waals surface area contributed by atoms with Crippen LogP contribution in [0.15, 0.2) is 21.4 Å². The second-order valence-corrected chi connectivity index (χ2v) is 6.00. The molecular weight excluding hydrogens is 324 g/mol. The molecule has 6 heteroatoms. The Labute approximate surface area is 124 Å². The number of ketones is 1. The van der Waals surface area contributed by atoms with E-state index in [4.69, 9.17) is 4.74 Å². The average molecular weight is 339 g/mol. The van der Waals surface area contributed by atoms with Crippen molar-refractivity contribution in [3.63, 3.8) is 0 Å². The Kier molecular flexibility index (Phi) is 3.30. The number of carbonyl (C=O) groups excluding carboxylic acids is 1. The zero-order valence-electron chi connectivity index (χ0n) is 11.4. The SMILES string of the molecule is Cn1c(=O)n(C)c2cc(C(=O)C3CCOC3)c(Br)cc21. The smallest absolute Gasteiger partial charge is 0.328 e. The molecule has 2 aromatic rings. The van der Waals surface area contributed by atoms with Crippen molar-refractivity contribution < 1.29 is 9.53 Å². The predicted molar refractivity (Wildman–Crippen MR) is 79.1 cm³/mol. The number of hydrogen-bond acceptors (Lipinski definition) is 3. The molecule has 1 atom stereocenters. The van der Waals surface area contributed by atoms with Crippen LogP contribution in [0.2, 0.25) is 0 Å². The average Bonchev–Trinajstić information content (AvgIpc) is 3.03. The number of benzene rings is 1. The number of ether oxygens (including phenoxy) is 1. The van der Waals surface area contributed by atoms with Crippen molar-refractivity contribution >= 4 is 32.7 Å². The van der Waals surface area contributed by atoms with Gasteiger partial charge in [-0.05, 0) is 34.5 Å². The summed E-state index contributed by atoms with van der Waals surface area (Å²) >= 11 is 3.45. The van der Waals surface area contributed by atoms with E-state index in [9.17, 15) is 9.59 Å².